The first-order valence-corrected chi connectivity index (χ1v) is 7.38. The third-order valence-electron chi connectivity index (χ3n) is 3.81. The number of guanidine groups is 1. The molecule has 0 saturated carbocycles. The van der Waals surface area contributed by atoms with Crippen LogP contribution in [0.4, 0.5) is 0 Å². The number of methoxy groups -OCH3 is 1. The fourth-order valence-electron chi connectivity index (χ4n) is 2.51. The molecule has 1 rings (SSSR count). The Morgan fingerprint density at radius 2 is 2.19 bits per heavy atom. The maximum atomic E-state index is 11.3. The molecule has 0 radical (unpaired) electrons. The fourth-order valence-corrected chi connectivity index (χ4v) is 2.51. The topological polar surface area (TPSA) is 66.0 Å². The molecule has 0 aromatic carbocycles. The summed E-state index contributed by atoms with van der Waals surface area (Å²) in [5.41, 5.74) is 0. The second-order valence-corrected chi connectivity index (χ2v) is 5.18. The highest BCUT2D eigenvalue weighted by atomic mass is 127. The van der Waals surface area contributed by atoms with E-state index in [2.05, 4.69) is 27.4 Å². The van der Waals surface area contributed by atoms with Crippen molar-refractivity contribution in [2.75, 3.05) is 40.3 Å². The van der Waals surface area contributed by atoms with E-state index >= 15 is 0 Å². The Bertz CT molecular complexity index is 339. The van der Waals surface area contributed by atoms with Crippen LogP contribution in [0.5, 0.6) is 0 Å². The largest absolute Gasteiger partial charge is 0.469 e. The Morgan fingerprint density at radius 3 is 2.76 bits per heavy atom. The van der Waals surface area contributed by atoms with Gasteiger partial charge in [0.05, 0.1) is 13.0 Å². The van der Waals surface area contributed by atoms with Crippen LogP contribution in [0.3, 0.4) is 0 Å². The standard InChI is InChI=1S/C14H28N4O2.HI/c1-5-18-8-6-7-12(18)10-17-14(15-3)16-9-11(2)13(19)20-4;/h11-12H,5-10H2,1-4H3,(H2,15,16,17);1H. The summed E-state index contributed by atoms with van der Waals surface area (Å²) in [6, 6.07) is 0.580. The zero-order chi connectivity index (χ0) is 15.0. The number of rotatable bonds is 6. The number of likely N-dealkylation sites (N-methyl/N-ethyl adjacent to an activating group) is 1. The van der Waals surface area contributed by atoms with Crippen LogP contribution < -0.4 is 10.6 Å². The summed E-state index contributed by atoms with van der Waals surface area (Å²) in [7, 11) is 3.15. The van der Waals surface area contributed by atoms with Gasteiger partial charge in [0.15, 0.2) is 5.96 Å². The van der Waals surface area contributed by atoms with Gasteiger partial charge < -0.3 is 15.4 Å². The molecule has 1 aliphatic heterocycles. The van der Waals surface area contributed by atoms with E-state index in [1.54, 1.807) is 7.05 Å². The van der Waals surface area contributed by atoms with Gasteiger partial charge in [0.25, 0.3) is 0 Å². The molecule has 1 aliphatic rings. The predicted octanol–water partition coefficient (Wildman–Crippen LogP) is 1.06. The van der Waals surface area contributed by atoms with Crippen molar-refractivity contribution >= 4 is 35.9 Å². The van der Waals surface area contributed by atoms with E-state index in [0.29, 0.717) is 12.6 Å². The van der Waals surface area contributed by atoms with Crippen LogP contribution in [-0.4, -0.2) is 63.2 Å². The molecule has 21 heavy (non-hydrogen) atoms. The van der Waals surface area contributed by atoms with Crippen molar-refractivity contribution in [2.45, 2.75) is 32.7 Å². The average molecular weight is 412 g/mol. The van der Waals surface area contributed by atoms with Gasteiger partial charge in [-0.15, -0.1) is 24.0 Å². The van der Waals surface area contributed by atoms with Crippen molar-refractivity contribution in [3.8, 4) is 0 Å². The van der Waals surface area contributed by atoms with Crippen molar-refractivity contribution in [2.24, 2.45) is 10.9 Å². The number of halogens is 1. The summed E-state index contributed by atoms with van der Waals surface area (Å²) in [6.45, 7) is 7.73. The van der Waals surface area contributed by atoms with Crippen molar-refractivity contribution in [3.05, 3.63) is 0 Å². The summed E-state index contributed by atoms with van der Waals surface area (Å²) in [4.78, 5) is 18.0. The first-order valence-electron chi connectivity index (χ1n) is 7.38. The molecule has 0 amide bonds. The molecule has 2 N–H and O–H groups in total. The van der Waals surface area contributed by atoms with E-state index < -0.39 is 0 Å². The molecular weight excluding hydrogens is 383 g/mol. The van der Waals surface area contributed by atoms with E-state index in [1.807, 2.05) is 6.92 Å². The van der Waals surface area contributed by atoms with E-state index in [4.69, 9.17) is 4.74 Å². The number of aliphatic imine (C=N–C) groups is 1. The lowest BCUT2D eigenvalue weighted by atomic mass is 10.2. The lowest BCUT2D eigenvalue weighted by Gasteiger charge is -2.24. The minimum atomic E-state index is -0.207. The monoisotopic (exact) mass is 412 g/mol. The van der Waals surface area contributed by atoms with Crippen LogP contribution in [0.25, 0.3) is 0 Å². The molecular formula is C14H29IN4O2. The zero-order valence-corrected chi connectivity index (χ0v) is 15.8. The Kier molecular flexibility index (Phi) is 10.8. The Morgan fingerprint density at radius 1 is 1.48 bits per heavy atom. The first kappa shape index (κ1) is 20.4. The van der Waals surface area contributed by atoms with Crippen LogP contribution in [0.1, 0.15) is 26.7 Å². The van der Waals surface area contributed by atoms with E-state index in [1.165, 1.54) is 26.5 Å². The highest BCUT2D eigenvalue weighted by Crippen LogP contribution is 2.15. The molecule has 6 nitrogen and oxygen atoms in total. The SMILES string of the molecule is CCN1CCCC1CNC(=NC)NCC(C)C(=O)OC.I. The molecule has 0 spiro atoms. The number of hydrogen-bond acceptors (Lipinski definition) is 4. The van der Waals surface area contributed by atoms with E-state index in [-0.39, 0.29) is 35.9 Å². The molecule has 7 heteroatoms. The summed E-state index contributed by atoms with van der Waals surface area (Å²) in [5, 5.41) is 6.49. The number of hydrogen-bond donors (Lipinski definition) is 2. The number of carbonyl (C=O) groups excluding carboxylic acids is 1. The van der Waals surface area contributed by atoms with Gasteiger partial charge in [0.2, 0.25) is 0 Å². The second kappa shape index (κ2) is 11.1. The van der Waals surface area contributed by atoms with Gasteiger partial charge in [-0.3, -0.25) is 14.7 Å². The summed E-state index contributed by atoms with van der Waals surface area (Å²) in [6.07, 6.45) is 2.50. The lowest BCUT2D eigenvalue weighted by molar-refractivity contribution is -0.144. The van der Waals surface area contributed by atoms with Crippen molar-refractivity contribution in [1.29, 1.82) is 0 Å². The van der Waals surface area contributed by atoms with Gasteiger partial charge >= 0.3 is 5.97 Å². The first-order chi connectivity index (χ1) is 9.62. The van der Waals surface area contributed by atoms with Crippen LogP contribution in [0, 0.1) is 5.92 Å². The predicted molar refractivity (Wildman–Crippen MR) is 96.2 cm³/mol. The maximum Gasteiger partial charge on any atom is 0.310 e. The van der Waals surface area contributed by atoms with Gasteiger partial charge in [0.1, 0.15) is 0 Å². The van der Waals surface area contributed by atoms with E-state index in [0.717, 1.165) is 19.0 Å². The minimum absolute atomic E-state index is 0. The molecule has 0 aliphatic carbocycles. The number of nitrogens with one attached hydrogen (secondary N) is 2. The third kappa shape index (κ3) is 6.82. The quantitative estimate of drug-likeness (QED) is 0.296. The van der Waals surface area contributed by atoms with Crippen LogP contribution in [0.2, 0.25) is 0 Å². The van der Waals surface area contributed by atoms with Gasteiger partial charge in [-0.05, 0) is 25.9 Å². The highest BCUT2D eigenvalue weighted by Gasteiger charge is 2.22. The molecule has 0 aromatic heterocycles. The summed E-state index contributed by atoms with van der Waals surface area (Å²) in [5.74, 6) is 0.349. The van der Waals surface area contributed by atoms with Crippen molar-refractivity contribution in [3.63, 3.8) is 0 Å². The summed E-state index contributed by atoms with van der Waals surface area (Å²) < 4.78 is 4.70. The number of nitrogens with zero attached hydrogens (tertiary/aromatic N) is 2. The minimum Gasteiger partial charge on any atom is -0.469 e. The van der Waals surface area contributed by atoms with E-state index in [9.17, 15) is 4.79 Å². The highest BCUT2D eigenvalue weighted by molar-refractivity contribution is 14.0. The number of carbonyl (C=O) groups is 1. The molecule has 124 valence electrons. The second-order valence-electron chi connectivity index (χ2n) is 5.18. The third-order valence-corrected chi connectivity index (χ3v) is 3.81. The molecule has 0 aromatic rings. The molecule has 0 bridgehead atoms. The Balaban J connectivity index is 0.00000400. The summed E-state index contributed by atoms with van der Waals surface area (Å²) >= 11 is 0. The van der Waals surface area contributed by atoms with Crippen molar-refractivity contribution < 1.29 is 9.53 Å². The normalized spacial score (nSPS) is 20.6. The lowest BCUT2D eigenvalue weighted by Crippen LogP contribution is -2.46. The van der Waals surface area contributed by atoms with Crippen LogP contribution in [0.15, 0.2) is 4.99 Å². The van der Waals surface area contributed by atoms with Gasteiger partial charge in [0, 0.05) is 26.2 Å². The Hall–Kier alpha value is -0.570. The Labute approximate surface area is 145 Å². The van der Waals surface area contributed by atoms with Gasteiger partial charge in [-0.2, -0.15) is 0 Å². The molecule has 2 atom stereocenters. The number of ether oxygens (including phenoxy) is 1. The fraction of sp³-hybridized carbons (Fsp3) is 0.857. The molecule has 1 heterocycles. The van der Waals surface area contributed by atoms with Crippen molar-refractivity contribution in [1.82, 2.24) is 15.5 Å². The maximum absolute atomic E-state index is 11.3. The molecule has 1 fully saturated rings. The zero-order valence-electron chi connectivity index (χ0n) is 13.5. The number of likely N-dealkylation sites (tertiary alicyclic amines) is 1. The van der Waals surface area contributed by atoms with Crippen LogP contribution in [-0.2, 0) is 9.53 Å². The van der Waals surface area contributed by atoms with Gasteiger partial charge in [-0.1, -0.05) is 13.8 Å². The molecule has 1 saturated heterocycles. The molecule has 2 unspecified atom stereocenters. The smallest absolute Gasteiger partial charge is 0.310 e. The average Bonchev–Trinajstić information content (AvgIpc) is 2.93. The van der Waals surface area contributed by atoms with Gasteiger partial charge in [-0.25, -0.2) is 0 Å². The van der Waals surface area contributed by atoms with Crippen LogP contribution >= 0.6 is 24.0 Å². The number of esters is 1.